The highest BCUT2D eigenvalue weighted by atomic mass is 16.5. The summed E-state index contributed by atoms with van der Waals surface area (Å²) in [6, 6.07) is 0. The topological polar surface area (TPSA) is 95.9 Å². The van der Waals surface area contributed by atoms with Crippen LogP contribution in [0.3, 0.4) is 0 Å². The second-order valence-electron chi connectivity index (χ2n) is 9.37. The molecule has 1 atom stereocenters. The Morgan fingerprint density at radius 1 is 0.811 bits per heavy atom. The zero-order chi connectivity index (χ0) is 27.6. The van der Waals surface area contributed by atoms with Crippen LogP contribution in [0.15, 0.2) is 72.9 Å². The van der Waals surface area contributed by atoms with Gasteiger partial charge in [-0.15, -0.1) is 0 Å². The molecule has 0 aromatic rings. The second kappa shape index (κ2) is 23.7. The van der Waals surface area contributed by atoms with Crippen LogP contribution < -0.4 is 5.32 Å². The Morgan fingerprint density at radius 3 is 1.73 bits per heavy atom. The summed E-state index contributed by atoms with van der Waals surface area (Å²) < 4.78 is 5.26. The van der Waals surface area contributed by atoms with Gasteiger partial charge in [0, 0.05) is 25.0 Å². The predicted octanol–water partition coefficient (Wildman–Crippen LogP) is 5.89. The first kappa shape index (κ1) is 34.3. The summed E-state index contributed by atoms with van der Waals surface area (Å²) in [5.74, 6) is -0.895. The van der Waals surface area contributed by atoms with Crippen LogP contribution in [0, 0.1) is 5.41 Å². The average Bonchev–Trinajstić information content (AvgIpc) is 2.88. The predicted molar refractivity (Wildman–Crippen MR) is 153 cm³/mol. The van der Waals surface area contributed by atoms with Crippen molar-refractivity contribution in [3.8, 4) is 0 Å². The lowest BCUT2D eigenvalue weighted by atomic mass is 9.87. The van der Waals surface area contributed by atoms with E-state index in [0.717, 1.165) is 38.5 Å². The molecule has 208 valence electrons. The summed E-state index contributed by atoms with van der Waals surface area (Å²) >= 11 is 0. The molecule has 0 aliphatic rings. The largest absolute Gasteiger partial charge is 0.465 e. The van der Waals surface area contributed by atoms with Gasteiger partial charge in [-0.1, -0.05) is 93.7 Å². The lowest BCUT2D eigenvalue weighted by molar-refractivity contribution is -0.153. The maximum absolute atomic E-state index is 12.0. The van der Waals surface area contributed by atoms with E-state index in [9.17, 15) is 14.7 Å². The summed E-state index contributed by atoms with van der Waals surface area (Å²) in [5.41, 5.74) is -0.909. The van der Waals surface area contributed by atoms with Gasteiger partial charge in [0.2, 0.25) is 5.91 Å². The van der Waals surface area contributed by atoms with Crippen molar-refractivity contribution in [3.63, 3.8) is 0 Å². The molecule has 0 saturated carbocycles. The Hall–Kier alpha value is -2.70. The van der Waals surface area contributed by atoms with Crippen LogP contribution in [0.2, 0.25) is 0 Å². The minimum Gasteiger partial charge on any atom is -0.465 e. The smallest absolute Gasteiger partial charge is 0.306 e. The first-order valence-electron chi connectivity index (χ1n) is 13.5. The summed E-state index contributed by atoms with van der Waals surface area (Å²) in [6.07, 6.45) is 31.3. The zero-order valence-corrected chi connectivity index (χ0v) is 23.1. The molecule has 6 nitrogen and oxygen atoms in total. The number of rotatable bonds is 21. The fourth-order valence-corrected chi connectivity index (χ4v) is 3.00. The van der Waals surface area contributed by atoms with Crippen molar-refractivity contribution in [3.05, 3.63) is 72.9 Å². The molecular formula is C31H49NO5. The standard InChI is InChI=1S/C31H49NO5/c1-4-5-6-7-8-9-10-11-12-13-14-15-16-17-18-19-20-21-22-24-28(34)37-27-31(2,3)29(35)30(36)32-25-23-26-33/h5-6,8-9,11-12,14-15,17-18,20-21,29,33,35H,4,7,10,13,16,19,22-27H2,1-3H3,(H,32,36)/b6-5+,9-8+,12-11+,15-14+,18-17+,21-20+. The highest BCUT2D eigenvalue weighted by molar-refractivity contribution is 5.81. The molecular weight excluding hydrogens is 466 g/mol. The molecule has 0 aliphatic heterocycles. The number of amides is 1. The number of hydrogen-bond donors (Lipinski definition) is 3. The number of ether oxygens (including phenoxy) is 1. The number of aliphatic hydroxyl groups excluding tert-OH is 2. The fraction of sp³-hybridized carbons (Fsp3) is 0.548. The molecule has 0 radical (unpaired) electrons. The van der Waals surface area contributed by atoms with Crippen molar-refractivity contribution in [2.45, 2.75) is 84.7 Å². The van der Waals surface area contributed by atoms with E-state index in [2.05, 4.69) is 73.0 Å². The van der Waals surface area contributed by atoms with Crippen LogP contribution in [0.25, 0.3) is 0 Å². The van der Waals surface area contributed by atoms with Crippen molar-refractivity contribution < 1.29 is 24.5 Å². The number of aliphatic hydroxyl groups is 2. The molecule has 0 fully saturated rings. The normalized spacial score (nSPS) is 13.8. The summed E-state index contributed by atoms with van der Waals surface area (Å²) in [4.78, 5) is 23.9. The Morgan fingerprint density at radius 2 is 1.27 bits per heavy atom. The van der Waals surface area contributed by atoms with Crippen LogP contribution >= 0.6 is 0 Å². The molecule has 0 bridgehead atoms. The Kier molecular flexibility index (Phi) is 22.0. The van der Waals surface area contributed by atoms with Crippen LogP contribution in [0.4, 0.5) is 0 Å². The third-order valence-corrected chi connectivity index (χ3v) is 5.34. The van der Waals surface area contributed by atoms with Gasteiger partial charge in [0.05, 0.1) is 6.61 Å². The molecule has 0 aromatic carbocycles. The van der Waals surface area contributed by atoms with Crippen LogP contribution in [0.1, 0.15) is 78.6 Å². The quantitative estimate of drug-likeness (QED) is 0.101. The van der Waals surface area contributed by atoms with E-state index in [-0.39, 0.29) is 32.1 Å². The van der Waals surface area contributed by atoms with E-state index >= 15 is 0 Å². The molecule has 1 amide bonds. The summed E-state index contributed by atoms with van der Waals surface area (Å²) in [7, 11) is 0. The van der Waals surface area contributed by atoms with Crippen LogP contribution in [-0.4, -0.2) is 48.0 Å². The van der Waals surface area contributed by atoms with Crippen LogP contribution in [-0.2, 0) is 14.3 Å². The maximum atomic E-state index is 12.0. The maximum Gasteiger partial charge on any atom is 0.306 e. The minimum atomic E-state index is -1.30. The van der Waals surface area contributed by atoms with Gasteiger partial charge in [0.15, 0.2) is 0 Å². The van der Waals surface area contributed by atoms with Gasteiger partial charge in [0.1, 0.15) is 6.10 Å². The van der Waals surface area contributed by atoms with E-state index in [4.69, 9.17) is 9.84 Å². The highest BCUT2D eigenvalue weighted by Crippen LogP contribution is 2.21. The van der Waals surface area contributed by atoms with Crippen molar-refractivity contribution >= 4 is 11.9 Å². The lowest BCUT2D eigenvalue weighted by Gasteiger charge is -2.29. The van der Waals surface area contributed by atoms with E-state index in [1.807, 2.05) is 12.2 Å². The van der Waals surface area contributed by atoms with E-state index in [0.29, 0.717) is 12.8 Å². The summed E-state index contributed by atoms with van der Waals surface area (Å²) in [5, 5.41) is 21.5. The van der Waals surface area contributed by atoms with Gasteiger partial charge in [-0.05, 0) is 51.4 Å². The van der Waals surface area contributed by atoms with Crippen molar-refractivity contribution in [2.75, 3.05) is 19.8 Å². The molecule has 0 aromatic heterocycles. The molecule has 37 heavy (non-hydrogen) atoms. The molecule has 1 unspecified atom stereocenters. The van der Waals surface area contributed by atoms with Gasteiger partial charge in [-0.25, -0.2) is 0 Å². The molecule has 3 N–H and O–H groups in total. The Bertz CT molecular complexity index is 774. The third-order valence-electron chi connectivity index (χ3n) is 5.34. The molecule has 0 spiro atoms. The van der Waals surface area contributed by atoms with E-state index < -0.39 is 17.4 Å². The van der Waals surface area contributed by atoms with Crippen molar-refractivity contribution in [2.24, 2.45) is 5.41 Å². The van der Waals surface area contributed by atoms with Crippen LogP contribution in [0.5, 0.6) is 0 Å². The zero-order valence-electron chi connectivity index (χ0n) is 23.1. The minimum absolute atomic E-state index is 0.0336. The Balaban J connectivity index is 3.90. The molecule has 0 rings (SSSR count). The lowest BCUT2D eigenvalue weighted by Crippen LogP contribution is -2.46. The van der Waals surface area contributed by atoms with Gasteiger partial charge in [-0.2, -0.15) is 0 Å². The number of carbonyl (C=O) groups excluding carboxylic acids is 2. The van der Waals surface area contributed by atoms with E-state index in [1.54, 1.807) is 13.8 Å². The van der Waals surface area contributed by atoms with Crippen molar-refractivity contribution in [1.82, 2.24) is 5.32 Å². The monoisotopic (exact) mass is 515 g/mol. The molecule has 0 aliphatic carbocycles. The fourth-order valence-electron chi connectivity index (χ4n) is 3.00. The number of allylic oxidation sites excluding steroid dienone is 12. The first-order chi connectivity index (χ1) is 17.8. The van der Waals surface area contributed by atoms with E-state index in [1.165, 1.54) is 0 Å². The van der Waals surface area contributed by atoms with Gasteiger partial charge in [-0.3, -0.25) is 9.59 Å². The second-order valence-corrected chi connectivity index (χ2v) is 9.37. The number of nitrogens with one attached hydrogen (secondary N) is 1. The first-order valence-corrected chi connectivity index (χ1v) is 13.5. The highest BCUT2D eigenvalue weighted by Gasteiger charge is 2.34. The molecule has 6 heteroatoms. The average molecular weight is 516 g/mol. The van der Waals surface area contributed by atoms with Gasteiger partial charge in [0.25, 0.3) is 0 Å². The van der Waals surface area contributed by atoms with Gasteiger partial charge < -0.3 is 20.3 Å². The van der Waals surface area contributed by atoms with Gasteiger partial charge >= 0.3 is 5.97 Å². The molecule has 0 saturated heterocycles. The Labute approximate surface area is 224 Å². The number of esters is 1. The molecule has 0 heterocycles. The third kappa shape index (κ3) is 21.1. The summed E-state index contributed by atoms with van der Waals surface area (Å²) in [6.45, 7) is 5.68. The number of carbonyl (C=O) groups is 2. The van der Waals surface area contributed by atoms with Crippen molar-refractivity contribution in [1.29, 1.82) is 0 Å². The SMILES string of the molecule is CC/C=C/C/C=C/C/C=C/C/C=C/C/C=C/C/C=C/CCC(=O)OCC(C)(C)C(O)C(=O)NCCCO. The number of hydrogen-bond acceptors (Lipinski definition) is 5.